The van der Waals surface area contributed by atoms with Gasteiger partial charge in [0.15, 0.2) is 5.11 Å². The molecule has 1 aromatic heterocycles. The van der Waals surface area contributed by atoms with Crippen LogP contribution >= 0.6 is 35.4 Å². The zero-order valence-corrected chi connectivity index (χ0v) is 12.0. The molecule has 7 heteroatoms. The predicted octanol–water partition coefficient (Wildman–Crippen LogP) is 3.78. The standard InChI is InChI=1S/C12H10Cl2N4S/c13-7-3-8(14)5-10(4-7)18-12(19)17-9-1-2-11(15)16-6-9/h1-6H,(H2,15,16)(H2,17,18,19). The third kappa shape index (κ3) is 4.24. The van der Waals surface area contributed by atoms with Crippen molar-refractivity contribution in [3.8, 4) is 0 Å². The molecule has 0 saturated carbocycles. The van der Waals surface area contributed by atoms with Gasteiger partial charge in [0.2, 0.25) is 0 Å². The van der Waals surface area contributed by atoms with Crippen LogP contribution in [0.1, 0.15) is 0 Å². The molecular formula is C12H10Cl2N4S. The van der Waals surface area contributed by atoms with E-state index >= 15 is 0 Å². The van der Waals surface area contributed by atoms with E-state index in [1.807, 2.05) is 0 Å². The van der Waals surface area contributed by atoms with Gasteiger partial charge in [-0.15, -0.1) is 0 Å². The monoisotopic (exact) mass is 312 g/mol. The summed E-state index contributed by atoms with van der Waals surface area (Å²) in [6.45, 7) is 0. The quantitative estimate of drug-likeness (QED) is 0.737. The SMILES string of the molecule is Nc1ccc(NC(=S)Nc2cc(Cl)cc(Cl)c2)cn1. The minimum absolute atomic E-state index is 0.407. The Hall–Kier alpha value is -1.56. The molecule has 2 rings (SSSR count). The largest absolute Gasteiger partial charge is 0.384 e. The lowest BCUT2D eigenvalue weighted by molar-refractivity contribution is 1.34. The molecule has 4 nitrogen and oxygen atoms in total. The van der Waals surface area contributed by atoms with Gasteiger partial charge in [-0.05, 0) is 42.5 Å². The topological polar surface area (TPSA) is 63.0 Å². The fraction of sp³-hybridized carbons (Fsp3) is 0. The van der Waals surface area contributed by atoms with Crippen LogP contribution in [0.5, 0.6) is 0 Å². The van der Waals surface area contributed by atoms with Gasteiger partial charge in [-0.2, -0.15) is 0 Å². The number of nitrogens with one attached hydrogen (secondary N) is 2. The molecule has 0 unspecified atom stereocenters. The first-order valence-electron chi connectivity index (χ1n) is 5.28. The second-order valence-electron chi connectivity index (χ2n) is 3.71. The van der Waals surface area contributed by atoms with Gasteiger partial charge >= 0.3 is 0 Å². The highest BCUT2D eigenvalue weighted by molar-refractivity contribution is 7.80. The first-order chi connectivity index (χ1) is 9.02. The van der Waals surface area contributed by atoms with E-state index in [9.17, 15) is 0 Å². The van der Waals surface area contributed by atoms with E-state index in [4.69, 9.17) is 41.2 Å². The maximum absolute atomic E-state index is 5.90. The Morgan fingerprint density at radius 2 is 1.68 bits per heavy atom. The summed E-state index contributed by atoms with van der Waals surface area (Å²) in [6.07, 6.45) is 1.59. The minimum Gasteiger partial charge on any atom is -0.384 e. The molecule has 0 fully saturated rings. The number of benzene rings is 1. The minimum atomic E-state index is 0.407. The fourth-order valence-corrected chi connectivity index (χ4v) is 2.16. The number of hydrogen-bond donors (Lipinski definition) is 3. The second-order valence-corrected chi connectivity index (χ2v) is 4.99. The average molecular weight is 313 g/mol. The van der Waals surface area contributed by atoms with E-state index in [-0.39, 0.29) is 0 Å². The molecule has 0 atom stereocenters. The van der Waals surface area contributed by atoms with Crippen molar-refractivity contribution in [2.24, 2.45) is 0 Å². The van der Waals surface area contributed by atoms with Crippen LogP contribution in [0.15, 0.2) is 36.5 Å². The number of aromatic nitrogens is 1. The van der Waals surface area contributed by atoms with Gasteiger partial charge in [-0.1, -0.05) is 23.2 Å². The number of rotatable bonds is 2. The van der Waals surface area contributed by atoms with Crippen molar-refractivity contribution in [3.63, 3.8) is 0 Å². The lowest BCUT2D eigenvalue weighted by Crippen LogP contribution is -2.19. The highest BCUT2D eigenvalue weighted by Gasteiger charge is 2.02. The molecule has 19 heavy (non-hydrogen) atoms. The van der Waals surface area contributed by atoms with Crippen LogP contribution in [0.4, 0.5) is 17.2 Å². The van der Waals surface area contributed by atoms with Gasteiger partial charge < -0.3 is 16.4 Å². The third-order valence-electron chi connectivity index (χ3n) is 2.16. The lowest BCUT2D eigenvalue weighted by Gasteiger charge is -2.11. The van der Waals surface area contributed by atoms with Crippen molar-refractivity contribution in [1.82, 2.24) is 4.98 Å². The summed E-state index contributed by atoms with van der Waals surface area (Å²) in [5.41, 5.74) is 6.94. The zero-order valence-electron chi connectivity index (χ0n) is 9.65. The molecule has 2 aromatic rings. The Morgan fingerprint density at radius 3 is 2.26 bits per heavy atom. The predicted molar refractivity (Wildman–Crippen MR) is 85.0 cm³/mol. The molecular weight excluding hydrogens is 303 g/mol. The number of nitrogen functional groups attached to an aromatic ring is 1. The van der Waals surface area contributed by atoms with Gasteiger partial charge in [-0.3, -0.25) is 0 Å². The van der Waals surface area contributed by atoms with Crippen LogP contribution in [-0.2, 0) is 0 Å². The average Bonchev–Trinajstić information content (AvgIpc) is 2.30. The molecule has 0 amide bonds. The number of thiocarbonyl (C=S) groups is 1. The van der Waals surface area contributed by atoms with E-state index < -0.39 is 0 Å². The van der Waals surface area contributed by atoms with E-state index in [2.05, 4.69) is 15.6 Å². The number of nitrogens with zero attached hydrogens (tertiary/aromatic N) is 1. The smallest absolute Gasteiger partial charge is 0.175 e. The Labute approximate surface area is 125 Å². The number of pyridine rings is 1. The Balaban J connectivity index is 2.03. The van der Waals surface area contributed by atoms with Crippen LogP contribution in [0.2, 0.25) is 10.0 Å². The van der Waals surface area contributed by atoms with Crippen molar-refractivity contribution in [2.45, 2.75) is 0 Å². The molecule has 0 bridgehead atoms. The number of halogens is 2. The van der Waals surface area contributed by atoms with Crippen LogP contribution in [-0.4, -0.2) is 10.1 Å². The molecule has 0 spiro atoms. The fourth-order valence-electron chi connectivity index (χ4n) is 1.40. The number of hydrogen-bond acceptors (Lipinski definition) is 3. The van der Waals surface area contributed by atoms with Gasteiger partial charge in [0.05, 0.1) is 11.9 Å². The van der Waals surface area contributed by atoms with Crippen molar-refractivity contribution in [1.29, 1.82) is 0 Å². The molecule has 0 aliphatic heterocycles. The highest BCUT2D eigenvalue weighted by Crippen LogP contribution is 2.22. The molecule has 98 valence electrons. The van der Waals surface area contributed by atoms with Gasteiger partial charge in [0.25, 0.3) is 0 Å². The number of nitrogens with two attached hydrogens (primary N) is 1. The summed E-state index contributed by atoms with van der Waals surface area (Å²) in [5, 5.41) is 7.43. The summed E-state index contributed by atoms with van der Waals surface area (Å²) in [7, 11) is 0. The summed E-state index contributed by atoms with van der Waals surface area (Å²) >= 11 is 17.0. The molecule has 1 aromatic carbocycles. The van der Waals surface area contributed by atoms with Crippen molar-refractivity contribution >= 4 is 57.7 Å². The summed E-state index contributed by atoms with van der Waals surface area (Å²) in [6, 6.07) is 8.56. The van der Waals surface area contributed by atoms with Gasteiger partial charge in [0, 0.05) is 15.7 Å². The summed E-state index contributed by atoms with van der Waals surface area (Å²) < 4.78 is 0. The Bertz CT molecular complexity index is 581. The van der Waals surface area contributed by atoms with Crippen molar-refractivity contribution in [2.75, 3.05) is 16.4 Å². The maximum Gasteiger partial charge on any atom is 0.175 e. The molecule has 0 aliphatic rings. The molecule has 4 N–H and O–H groups in total. The van der Waals surface area contributed by atoms with E-state index in [0.717, 1.165) is 5.69 Å². The van der Waals surface area contributed by atoms with Crippen LogP contribution < -0.4 is 16.4 Å². The Morgan fingerprint density at radius 1 is 1.05 bits per heavy atom. The highest BCUT2D eigenvalue weighted by atomic mass is 35.5. The molecule has 1 heterocycles. The van der Waals surface area contributed by atoms with Gasteiger partial charge in [0.1, 0.15) is 5.82 Å². The van der Waals surface area contributed by atoms with Gasteiger partial charge in [-0.25, -0.2) is 4.98 Å². The van der Waals surface area contributed by atoms with Crippen molar-refractivity contribution < 1.29 is 0 Å². The number of anilines is 3. The summed E-state index contributed by atoms with van der Waals surface area (Å²) in [4.78, 5) is 3.95. The van der Waals surface area contributed by atoms with E-state index in [1.165, 1.54) is 0 Å². The summed E-state index contributed by atoms with van der Waals surface area (Å²) in [5.74, 6) is 0.450. The molecule has 0 saturated heterocycles. The second kappa shape index (κ2) is 6.06. The van der Waals surface area contributed by atoms with Crippen molar-refractivity contribution in [3.05, 3.63) is 46.6 Å². The maximum atomic E-state index is 5.90. The van der Waals surface area contributed by atoms with E-state index in [1.54, 1.807) is 36.5 Å². The van der Waals surface area contributed by atoms with Crippen LogP contribution in [0, 0.1) is 0 Å². The normalized spacial score (nSPS) is 10.0. The first-order valence-corrected chi connectivity index (χ1v) is 6.45. The molecule has 0 radical (unpaired) electrons. The van der Waals surface area contributed by atoms with E-state index in [0.29, 0.717) is 26.7 Å². The first kappa shape index (κ1) is 13.9. The van der Waals surface area contributed by atoms with Crippen LogP contribution in [0.3, 0.4) is 0 Å². The molecule has 0 aliphatic carbocycles. The Kier molecular flexibility index (Phi) is 4.42. The third-order valence-corrected chi connectivity index (χ3v) is 2.81. The van der Waals surface area contributed by atoms with Crippen LogP contribution in [0.25, 0.3) is 0 Å². The zero-order chi connectivity index (χ0) is 13.8. The lowest BCUT2D eigenvalue weighted by atomic mass is 10.3.